The Morgan fingerprint density at radius 3 is 2.47 bits per heavy atom. The summed E-state index contributed by atoms with van der Waals surface area (Å²) in [6.45, 7) is 4.99. The predicted octanol–water partition coefficient (Wildman–Crippen LogP) is 2.58. The standard InChI is InChI=1S/C21H24ClN3O5/c1-14(3-4-15(2)22)20(27)23-11-18-12-25(21(28)30-18)17-7-5-16(6-8-17)24-9-10-29-13-19(24)26/h3-8,18H,9-13H2,1-2H3,(H,23,27)/b14-3+,15-4+/t18-/m0/s1. The van der Waals surface area contributed by atoms with Crippen molar-refractivity contribution in [3.8, 4) is 0 Å². The van der Waals surface area contributed by atoms with Gasteiger partial charge in [0.05, 0.1) is 19.7 Å². The van der Waals surface area contributed by atoms with Crippen LogP contribution >= 0.6 is 11.6 Å². The molecule has 0 spiro atoms. The van der Waals surface area contributed by atoms with Crippen LogP contribution < -0.4 is 15.1 Å². The van der Waals surface area contributed by atoms with E-state index in [4.69, 9.17) is 21.1 Å². The lowest BCUT2D eigenvalue weighted by molar-refractivity contribution is -0.125. The number of hydrogen-bond donors (Lipinski definition) is 1. The predicted molar refractivity (Wildman–Crippen MR) is 114 cm³/mol. The fourth-order valence-corrected chi connectivity index (χ4v) is 3.17. The number of ether oxygens (including phenoxy) is 2. The van der Waals surface area contributed by atoms with Crippen LogP contribution in [-0.2, 0) is 19.1 Å². The second-order valence-corrected chi connectivity index (χ2v) is 7.64. The molecule has 2 aliphatic rings. The molecule has 30 heavy (non-hydrogen) atoms. The highest BCUT2D eigenvalue weighted by atomic mass is 35.5. The number of halogens is 1. The minimum atomic E-state index is -0.475. The topological polar surface area (TPSA) is 88.2 Å². The van der Waals surface area contributed by atoms with Crippen molar-refractivity contribution >= 4 is 40.9 Å². The van der Waals surface area contributed by atoms with E-state index in [0.29, 0.717) is 36.0 Å². The van der Waals surface area contributed by atoms with Crippen molar-refractivity contribution in [1.29, 1.82) is 0 Å². The van der Waals surface area contributed by atoms with Crippen molar-refractivity contribution in [2.75, 3.05) is 42.6 Å². The number of cyclic esters (lactones) is 1. The second-order valence-electron chi connectivity index (χ2n) is 7.04. The number of amides is 3. The van der Waals surface area contributed by atoms with Gasteiger partial charge in [0.25, 0.3) is 5.91 Å². The van der Waals surface area contributed by atoms with Gasteiger partial charge in [-0.15, -0.1) is 0 Å². The molecule has 8 nitrogen and oxygen atoms in total. The summed E-state index contributed by atoms with van der Waals surface area (Å²) in [4.78, 5) is 39.5. The molecule has 1 atom stereocenters. The van der Waals surface area contributed by atoms with Gasteiger partial charge >= 0.3 is 6.09 Å². The van der Waals surface area contributed by atoms with Crippen molar-refractivity contribution in [3.63, 3.8) is 0 Å². The Morgan fingerprint density at radius 2 is 1.83 bits per heavy atom. The molecule has 160 valence electrons. The molecule has 0 aliphatic carbocycles. The first-order valence-corrected chi connectivity index (χ1v) is 9.98. The number of morpholine rings is 1. The second kappa shape index (κ2) is 9.77. The Morgan fingerprint density at radius 1 is 1.17 bits per heavy atom. The van der Waals surface area contributed by atoms with Crippen molar-refractivity contribution < 1.29 is 23.9 Å². The molecule has 1 N–H and O–H groups in total. The van der Waals surface area contributed by atoms with E-state index in [0.717, 1.165) is 5.69 Å². The third-order valence-corrected chi connectivity index (χ3v) is 4.87. The average Bonchev–Trinajstić information content (AvgIpc) is 3.11. The minimum absolute atomic E-state index is 0.0734. The van der Waals surface area contributed by atoms with Crippen LogP contribution in [0.4, 0.5) is 16.2 Å². The summed E-state index contributed by atoms with van der Waals surface area (Å²) in [6, 6.07) is 7.13. The van der Waals surface area contributed by atoms with Gasteiger partial charge in [0.2, 0.25) is 5.91 Å². The molecule has 1 aromatic rings. The number of benzene rings is 1. The maximum absolute atomic E-state index is 12.3. The van der Waals surface area contributed by atoms with E-state index < -0.39 is 12.2 Å². The SMILES string of the molecule is C/C(Cl)=C\C=C(/C)C(=O)NC[C@H]1CN(c2ccc(N3CCOCC3=O)cc2)C(=O)O1. The summed E-state index contributed by atoms with van der Waals surface area (Å²) in [5, 5.41) is 3.33. The Hall–Kier alpha value is -2.84. The van der Waals surface area contributed by atoms with E-state index in [1.807, 2.05) is 0 Å². The van der Waals surface area contributed by atoms with Gasteiger partial charge in [-0.3, -0.25) is 14.5 Å². The molecule has 0 radical (unpaired) electrons. The highest BCUT2D eigenvalue weighted by Crippen LogP contribution is 2.25. The summed E-state index contributed by atoms with van der Waals surface area (Å²) >= 11 is 5.76. The van der Waals surface area contributed by atoms with Crippen LogP contribution in [-0.4, -0.2) is 56.9 Å². The van der Waals surface area contributed by atoms with Crippen molar-refractivity contribution in [3.05, 3.63) is 47.0 Å². The molecule has 2 aliphatic heterocycles. The molecule has 3 amide bonds. The summed E-state index contributed by atoms with van der Waals surface area (Å²) in [5.41, 5.74) is 1.92. The molecule has 0 bridgehead atoms. The molecule has 3 rings (SSSR count). The summed E-state index contributed by atoms with van der Waals surface area (Å²) in [7, 11) is 0. The monoisotopic (exact) mass is 433 g/mol. The molecule has 2 saturated heterocycles. The lowest BCUT2D eigenvalue weighted by atomic mass is 10.2. The number of nitrogens with zero attached hydrogens (tertiary/aromatic N) is 2. The lowest BCUT2D eigenvalue weighted by Gasteiger charge is -2.27. The summed E-state index contributed by atoms with van der Waals surface area (Å²) in [5.74, 6) is -0.343. The van der Waals surface area contributed by atoms with Gasteiger partial charge in [-0.2, -0.15) is 0 Å². The maximum Gasteiger partial charge on any atom is 0.414 e. The first-order chi connectivity index (χ1) is 14.3. The van der Waals surface area contributed by atoms with Crippen LogP contribution in [0.5, 0.6) is 0 Å². The molecule has 2 fully saturated rings. The van der Waals surface area contributed by atoms with Crippen LogP contribution in [0.1, 0.15) is 13.8 Å². The molecular formula is C21H24ClN3O5. The molecule has 9 heteroatoms. The molecule has 0 saturated carbocycles. The van der Waals surface area contributed by atoms with E-state index >= 15 is 0 Å². The third-order valence-electron chi connectivity index (χ3n) is 4.74. The van der Waals surface area contributed by atoms with E-state index in [9.17, 15) is 14.4 Å². The van der Waals surface area contributed by atoms with Gasteiger partial charge in [-0.05, 0) is 44.2 Å². The number of rotatable bonds is 6. The van der Waals surface area contributed by atoms with Crippen molar-refractivity contribution in [2.45, 2.75) is 20.0 Å². The number of allylic oxidation sites excluding steroid dienone is 3. The van der Waals surface area contributed by atoms with E-state index in [-0.39, 0.29) is 25.0 Å². The number of hydrogen-bond acceptors (Lipinski definition) is 5. The van der Waals surface area contributed by atoms with Crippen LogP contribution in [0.15, 0.2) is 47.0 Å². The highest BCUT2D eigenvalue weighted by molar-refractivity contribution is 6.29. The van der Waals surface area contributed by atoms with Crippen LogP contribution in [0, 0.1) is 0 Å². The zero-order chi connectivity index (χ0) is 21.7. The van der Waals surface area contributed by atoms with E-state index in [1.165, 1.54) is 4.90 Å². The Kier molecular flexibility index (Phi) is 7.12. The summed E-state index contributed by atoms with van der Waals surface area (Å²) in [6.07, 6.45) is 2.34. The first kappa shape index (κ1) is 21.9. The van der Waals surface area contributed by atoms with Gasteiger partial charge in [0.15, 0.2) is 0 Å². The lowest BCUT2D eigenvalue weighted by Crippen LogP contribution is -2.41. The van der Waals surface area contributed by atoms with Gasteiger partial charge in [0, 0.05) is 28.5 Å². The zero-order valence-electron chi connectivity index (χ0n) is 16.9. The van der Waals surface area contributed by atoms with Gasteiger partial charge in [-0.1, -0.05) is 17.7 Å². The number of nitrogens with one attached hydrogen (secondary N) is 1. The Labute approximate surface area is 180 Å². The summed E-state index contributed by atoms with van der Waals surface area (Å²) < 4.78 is 10.5. The van der Waals surface area contributed by atoms with Gasteiger partial charge < -0.3 is 19.7 Å². The first-order valence-electron chi connectivity index (χ1n) is 9.60. The fraction of sp³-hybridized carbons (Fsp3) is 0.381. The zero-order valence-corrected chi connectivity index (χ0v) is 17.6. The van der Waals surface area contributed by atoms with Crippen LogP contribution in [0.2, 0.25) is 0 Å². The van der Waals surface area contributed by atoms with Crippen molar-refractivity contribution in [2.24, 2.45) is 0 Å². The molecule has 0 unspecified atom stereocenters. The molecule has 1 aromatic carbocycles. The van der Waals surface area contributed by atoms with Gasteiger partial charge in [0.1, 0.15) is 12.7 Å². The molecule has 2 heterocycles. The molecule has 0 aromatic heterocycles. The highest BCUT2D eigenvalue weighted by Gasteiger charge is 2.32. The normalized spacial score (nSPS) is 20.4. The smallest absolute Gasteiger partial charge is 0.414 e. The van der Waals surface area contributed by atoms with E-state index in [2.05, 4.69) is 5.32 Å². The van der Waals surface area contributed by atoms with Crippen LogP contribution in [0.25, 0.3) is 0 Å². The van der Waals surface area contributed by atoms with Gasteiger partial charge in [-0.25, -0.2) is 4.79 Å². The number of anilines is 2. The Balaban J connectivity index is 1.56. The van der Waals surface area contributed by atoms with E-state index in [1.54, 1.807) is 55.2 Å². The Bertz CT molecular complexity index is 877. The number of carbonyl (C=O) groups is 3. The number of carbonyl (C=O) groups excluding carboxylic acids is 3. The minimum Gasteiger partial charge on any atom is -0.442 e. The van der Waals surface area contributed by atoms with Crippen LogP contribution in [0.3, 0.4) is 0 Å². The van der Waals surface area contributed by atoms with Crippen molar-refractivity contribution in [1.82, 2.24) is 5.32 Å². The average molecular weight is 434 g/mol. The molecular weight excluding hydrogens is 410 g/mol. The maximum atomic E-state index is 12.3. The third kappa shape index (κ3) is 5.40. The fourth-order valence-electron chi connectivity index (χ4n) is 3.10. The largest absolute Gasteiger partial charge is 0.442 e. The quantitative estimate of drug-likeness (QED) is 0.550.